The number of hydrogen-bond donors (Lipinski definition) is 1. The van der Waals surface area contributed by atoms with Gasteiger partial charge >= 0.3 is 0 Å². The molecule has 0 saturated carbocycles. The highest BCUT2D eigenvalue weighted by Gasteiger charge is 2.10. The molecule has 0 saturated heterocycles. The Morgan fingerprint density at radius 1 is 1.71 bits per heavy atom. The monoisotopic (exact) mass is 189 g/mol. The summed E-state index contributed by atoms with van der Waals surface area (Å²) in [6, 6.07) is -0.246. The fourth-order valence-corrected chi connectivity index (χ4v) is 0.910. The third kappa shape index (κ3) is 2.56. The van der Waals surface area contributed by atoms with Crippen LogP contribution >= 0.6 is 0 Å². The molecule has 0 bridgehead atoms. The minimum Gasteiger partial charge on any atom is -0.337 e. The van der Waals surface area contributed by atoms with Gasteiger partial charge in [-0.05, 0) is 6.42 Å². The standard InChI is InChI=1S/C10H11N3O/c1-3-8(4-2)13-10(14)9-7-11-5-6-12-9/h1,5-8H,4H2,2H3,(H,13,14). The first-order chi connectivity index (χ1) is 6.77. The zero-order valence-electron chi connectivity index (χ0n) is 7.90. The van der Waals surface area contributed by atoms with E-state index in [1.165, 1.54) is 18.6 Å². The molecule has 0 fully saturated rings. The second-order valence-corrected chi connectivity index (χ2v) is 2.69. The zero-order chi connectivity index (χ0) is 10.4. The van der Waals surface area contributed by atoms with E-state index in [9.17, 15) is 4.79 Å². The summed E-state index contributed by atoms with van der Waals surface area (Å²) in [6.07, 6.45) is 10.3. The van der Waals surface area contributed by atoms with Crippen molar-refractivity contribution < 1.29 is 4.79 Å². The number of carbonyl (C=O) groups excluding carboxylic acids is 1. The number of hydrogen-bond acceptors (Lipinski definition) is 3. The SMILES string of the molecule is C#CC(CC)NC(=O)c1cnccn1. The number of nitrogens with one attached hydrogen (secondary N) is 1. The lowest BCUT2D eigenvalue weighted by Crippen LogP contribution is -2.33. The van der Waals surface area contributed by atoms with Gasteiger partial charge in [-0.25, -0.2) is 4.98 Å². The van der Waals surface area contributed by atoms with Crippen molar-refractivity contribution >= 4 is 5.91 Å². The van der Waals surface area contributed by atoms with Crippen LogP contribution in [0.25, 0.3) is 0 Å². The van der Waals surface area contributed by atoms with Gasteiger partial charge in [-0.3, -0.25) is 9.78 Å². The number of terminal acetylenes is 1. The van der Waals surface area contributed by atoms with Gasteiger partial charge in [-0.1, -0.05) is 12.8 Å². The summed E-state index contributed by atoms with van der Waals surface area (Å²) in [6.45, 7) is 1.90. The Hall–Kier alpha value is -1.89. The van der Waals surface area contributed by atoms with Gasteiger partial charge in [0.1, 0.15) is 5.69 Å². The number of nitrogens with zero attached hydrogens (tertiary/aromatic N) is 2. The van der Waals surface area contributed by atoms with Crippen LogP contribution in [-0.2, 0) is 0 Å². The van der Waals surface area contributed by atoms with E-state index in [0.29, 0.717) is 6.42 Å². The predicted octanol–water partition coefficient (Wildman–Crippen LogP) is 0.618. The van der Waals surface area contributed by atoms with Crippen molar-refractivity contribution in [2.45, 2.75) is 19.4 Å². The zero-order valence-corrected chi connectivity index (χ0v) is 7.90. The number of rotatable bonds is 3. The van der Waals surface area contributed by atoms with E-state index in [-0.39, 0.29) is 17.6 Å². The van der Waals surface area contributed by atoms with Crippen LogP contribution < -0.4 is 5.32 Å². The Bertz CT molecular complexity index is 342. The van der Waals surface area contributed by atoms with Crippen LogP contribution in [0, 0.1) is 12.3 Å². The minimum absolute atomic E-state index is 0.246. The van der Waals surface area contributed by atoms with Gasteiger partial charge in [0.05, 0.1) is 12.2 Å². The van der Waals surface area contributed by atoms with Crippen LogP contribution in [0.15, 0.2) is 18.6 Å². The molecule has 0 radical (unpaired) electrons. The highest BCUT2D eigenvalue weighted by atomic mass is 16.1. The van der Waals surface area contributed by atoms with Crippen LogP contribution in [0.3, 0.4) is 0 Å². The molecule has 1 rings (SSSR count). The summed E-state index contributed by atoms with van der Waals surface area (Å²) in [4.78, 5) is 19.1. The largest absolute Gasteiger partial charge is 0.337 e. The second kappa shape index (κ2) is 4.97. The van der Waals surface area contributed by atoms with Crippen molar-refractivity contribution in [3.05, 3.63) is 24.3 Å². The van der Waals surface area contributed by atoms with Gasteiger partial charge < -0.3 is 5.32 Å². The van der Waals surface area contributed by atoms with Crippen molar-refractivity contribution in [2.75, 3.05) is 0 Å². The van der Waals surface area contributed by atoms with Crippen molar-refractivity contribution in [1.29, 1.82) is 0 Å². The molecule has 1 unspecified atom stereocenters. The molecule has 0 spiro atoms. The first kappa shape index (κ1) is 10.2. The van der Waals surface area contributed by atoms with Crippen LogP contribution in [0.2, 0.25) is 0 Å². The first-order valence-corrected chi connectivity index (χ1v) is 4.31. The molecule has 4 nitrogen and oxygen atoms in total. The van der Waals surface area contributed by atoms with Gasteiger partial charge in [0, 0.05) is 12.4 Å². The third-order valence-electron chi connectivity index (χ3n) is 1.71. The van der Waals surface area contributed by atoms with Crippen LogP contribution in [0.4, 0.5) is 0 Å². The van der Waals surface area contributed by atoms with E-state index < -0.39 is 0 Å². The van der Waals surface area contributed by atoms with Gasteiger partial charge in [-0.2, -0.15) is 0 Å². The Balaban J connectivity index is 2.64. The Morgan fingerprint density at radius 3 is 3.00 bits per heavy atom. The molecular weight excluding hydrogens is 178 g/mol. The Morgan fingerprint density at radius 2 is 2.50 bits per heavy atom. The summed E-state index contributed by atoms with van der Waals surface area (Å²) < 4.78 is 0. The first-order valence-electron chi connectivity index (χ1n) is 4.31. The van der Waals surface area contributed by atoms with Gasteiger partial charge in [0.25, 0.3) is 5.91 Å². The molecule has 0 aliphatic heterocycles. The molecule has 1 N–H and O–H groups in total. The van der Waals surface area contributed by atoms with Crippen molar-refractivity contribution in [3.8, 4) is 12.3 Å². The lowest BCUT2D eigenvalue weighted by molar-refractivity contribution is 0.0939. The van der Waals surface area contributed by atoms with E-state index in [0.717, 1.165) is 0 Å². The number of carbonyl (C=O) groups is 1. The molecule has 4 heteroatoms. The van der Waals surface area contributed by atoms with Crippen LogP contribution in [-0.4, -0.2) is 21.9 Å². The van der Waals surface area contributed by atoms with Gasteiger partial charge in [0.15, 0.2) is 0 Å². The van der Waals surface area contributed by atoms with Crippen LogP contribution in [0.5, 0.6) is 0 Å². The minimum atomic E-state index is -0.289. The Kier molecular flexibility index (Phi) is 3.62. The van der Waals surface area contributed by atoms with E-state index in [1.54, 1.807) is 0 Å². The molecule has 1 aromatic heterocycles. The number of aromatic nitrogens is 2. The molecule has 1 heterocycles. The molecule has 72 valence electrons. The topological polar surface area (TPSA) is 54.9 Å². The average molecular weight is 189 g/mol. The van der Waals surface area contributed by atoms with Crippen molar-refractivity contribution in [2.24, 2.45) is 0 Å². The fourth-order valence-electron chi connectivity index (χ4n) is 0.910. The molecular formula is C10H11N3O. The highest BCUT2D eigenvalue weighted by molar-refractivity contribution is 5.92. The molecule has 14 heavy (non-hydrogen) atoms. The normalized spacial score (nSPS) is 11.4. The van der Waals surface area contributed by atoms with E-state index in [4.69, 9.17) is 6.42 Å². The molecule has 0 aliphatic carbocycles. The molecule has 0 aromatic carbocycles. The summed E-state index contributed by atoms with van der Waals surface area (Å²) in [7, 11) is 0. The predicted molar refractivity (Wildman–Crippen MR) is 52.4 cm³/mol. The maximum atomic E-state index is 11.5. The van der Waals surface area contributed by atoms with Gasteiger partial charge in [0.2, 0.25) is 0 Å². The molecule has 1 amide bonds. The summed E-state index contributed by atoms with van der Waals surface area (Å²) in [5.41, 5.74) is 0.279. The second-order valence-electron chi connectivity index (χ2n) is 2.69. The maximum Gasteiger partial charge on any atom is 0.272 e. The highest BCUT2D eigenvalue weighted by Crippen LogP contribution is 1.93. The maximum absolute atomic E-state index is 11.5. The van der Waals surface area contributed by atoms with Crippen molar-refractivity contribution in [3.63, 3.8) is 0 Å². The smallest absolute Gasteiger partial charge is 0.272 e. The Labute approximate surface area is 82.8 Å². The van der Waals surface area contributed by atoms with Crippen molar-refractivity contribution in [1.82, 2.24) is 15.3 Å². The summed E-state index contributed by atoms with van der Waals surface area (Å²) >= 11 is 0. The number of amides is 1. The summed E-state index contributed by atoms with van der Waals surface area (Å²) in [5.74, 6) is 2.18. The fraction of sp³-hybridized carbons (Fsp3) is 0.300. The lowest BCUT2D eigenvalue weighted by Gasteiger charge is -2.09. The molecule has 0 aliphatic rings. The molecule has 1 aromatic rings. The van der Waals surface area contributed by atoms with Gasteiger partial charge in [-0.15, -0.1) is 6.42 Å². The van der Waals surface area contributed by atoms with E-state index in [1.807, 2.05) is 6.92 Å². The van der Waals surface area contributed by atoms with E-state index >= 15 is 0 Å². The quantitative estimate of drug-likeness (QED) is 0.709. The average Bonchev–Trinajstić information content (AvgIpc) is 2.26. The summed E-state index contributed by atoms with van der Waals surface area (Å²) in [5, 5.41) is 2.66. The molecule has 1 atom stereocenters. The lowest BCUT2D eigenvalue weighted by atomic mass is 10.2. The van der Waals surface area contributed by atoms with Crippen LogP contribution in [0.1, 0.15) is 23.8 Å². The van der Waals surface area contributed by atoms with E-state index in [2.05, 4.69) is 21.2 Å². The third-order valence-corrected chi connectivity index (χ3v) is 1.71.